The van der Waals surface area contributed by atoms with Crippen LogP contribution in [0, 0.1) is 5.92 Å². The molecule has 0 unspecified atom stereocenters. The summed E-state index contributed by atoms with van der Waals surface area (Å²) in [6.45, 7) is 13.2. The summed E-state index contributed by atoms with van der Waals surface area (Å²) in [6, 6.07) is 0. The summed E-state index contributed by atoms with van der Waals surface area (Å²) >= 11 is 0. The molecule has 0 saturated carbocycles. The average Bonchev–Trinajstić information content (AvgIpc) is 1.82. The Balaban J connectivity index is 3.81. The standard InChI is InChI=1S/C9H14/c1-5-7-9(6-2)8(3)4/h5-6,9H,1-3,7H2,4H3/t9-/m0/s1. The highest BCUT2D eigenvalue weighted by Gasteiger charge is 1.99. The van der Waals surface area contributed by atoms with Crippen molar-refractivity contribution in [2.45, 2.75) is 13.3 Å². The monoisotopic (exact) mass is 122 g/mol. The maximum absolute atomic E-state index is 3.83. The molecule has 0 fully saturated rings. The third-order valence-electron chi connectivity index (χ3n) is 1.34. The van der Waals surface area contributed by atoms with Gasteiger partial charge in [-0.15, -0.1) is 13.2 Å². The molecule has 0 nitrogen and oxygen atoms in total. The molecule has 0 aromatic rings. The van der Waals surface area contributed by atoms with Gasteiger partial charge in [-0.25, -0.2) is 0 Å². The van der Waals surface area contributed by atoms with Crippen molar-refractivity contribution < 1.29 is 0 Å². The van der Waals surface area contributed by atoms with E-state index in [1.54, 1.807) is 0 Å². The predicted molar refractivity (Wildman–Crippen MR) is 43.3 cm³/mol. The van der Waals surface area contributed by atoms with Crippen LogP contribution in [-0.4, -0.2) is 0 Å². The fourth-order valence-electron chi connectivity index (χ4n) is 0.678. The van der Waals surface area contributed by atoms with Crippen molar-refractivity contribution in [1.82, 2.24) is 0 Å². The zero-order valence-corrected chi connectivity index (χ0v) is 6.06. The first kappa shape index (κ1) is 8.22. The minimum Gasteiger partial charge on any atom is -0.103 e. The van der Waals surface area contributed by atoms with Gasteiger partial charge in [-0.05, 0) is 13.3 Å². The maximum Gasteiger partial charge on any atom is 0.000300 e. The molecule has 9 heavy (non-hydrogen) atoms. The quantitative estimate of drug-likeness (QED) is 0.503. The minimum atomic E-state index is 0.419. The van der Waals surface area contributed by atoms with Crippen LogP contribution in [0.15, 0.2) is 37.5 Å². The van der Waals surface area contributed by atoms with E-state index in [0.29, 0.717) is 5.92 Å². The first-order chi connectivity index (χ1) is 4.22. The highest BCUT2D eigenvalue weighted by molar-refractivity contribution is 5.06. The number of hydrogen-bond donors (Lipinski definition) is 0. The van der Waals surface area contributed by atoms with Gasteiger partial charge in [0.05, 0.1) is 0 Å². The van der Waals surface area contributed by atoms with Gasteiger partial charge in [0.1, 0.15) is 0 Å². The molecule has 0 saturated heterocycles. The van der Waals surface area contributed by atoms with Crippen molar-refractivity contribution in [2.75, 3.05) is 0 Å². The van der Waals surface area contributed by atoms with Crippen molar-refractivity contribution in [3.63, 3.8) is 0 Å². The molecular formula is C9H14. The highest BCUT2D eigenvalue weighted by Crippen LogP contribution is 2.13. The highest BCUT2D eigenvalue weighted by atomic mass is 14.0. The zero-order chi connectivity index (χ0) is 7.28. The van der Waals surface area contributed by atoms with E-state index in [-0.39, 0.29) is 0 Å². The molecule has 0 heterocycles. The van der Waals surface area contributed by atoms with Crippen LogP contribution in [0.5, 0.6) is 0 Å². The van der Waals surface area contributed by atoms with Crippen molar-refractivity contribution in [1.29, 1.82) is 0 Å². The molecule has 50 valence electrons. The Bertz CT molecular complexity index is 120. The summed E-state index contributed by atoms with van der Waals surface area (Å²) in [4.78, 5) is 0. The molecule has 0 aliphatic carbocycles. The molecule has 0 aliphatic rings. The van der Waals surface area contributed by atoms with Crippen LogP contribution < -0.4 is 0 Å². The molecule has 0 radical (unpaired) electrons. The molecule has 0 aromatic carbocycles. The lowest BCUT2D eigenvalue weighted by Gasteiger charge is -2.07. The maximum atomic E-state index is 3.83. The average molecular weight is 122 g/mol. The van der Waals surface area contributed by atoms with E-state index in [2.05, 4.69) is 19.7 Å². The van der Waals surface area contributed by atoms with Gasteiger partial charge in [0.15, 0.2) is 0 Å². The predicted octanol–water partition coefficient (Wildman–Crippen LogP) is 2.94. The second-order valence-electron chi connectivity index (χ2n) is 2.21. The molecule has 0 aliphatic heterocycles. The lowest BCUT2D eigenvalue weighted by molar-refractivity contribution is 0.782. The summed E-state index contributed by atoms with van der Waals surface area (Å²) < 4.78 is 0. The third-order valence-corrected chi connectivity index (χ3v) is 1.34. The molecule has 0 spiro atoms. The summed E-state index contributed by atoms with van der Waals surface area (Å²) in [6.07, 6.45) is 4.75. The van der Waals surface area contributed by atoms with Crippen molar-refractivity contribution in [2.24, 2.45) is 5.92 Å². The van der Waals surface area contributed by atoms with Gasteiger partial charge >= 0.3 is 0 Å². The molecule has 0 heteroatoms. The molecule has 0 rings (SSSR count). The van der Waals surface area contributed by atoms with E-state index < -0.39 is 0 Å². The van der Waals surface area contributed by atoms with Crippen molar-refractivity contribution >= 4 is 0 Å². The summed E-state index contributed by atoms with van der Waals surface area (Å²) in [5, 5.41) is 0. The molecule has 0 aromatic heterocycles. The van der Waals surface area contributed by atoms with Gasteiger partial charge in [-0.2, -0.15) is 0 Å². The summed E-state index contributed by atoms with van der Waals surface area (Å²) in [5.74, 6) is 0.419. The van der Waals surface area contributed by atoms with Gasteiger partial charge in [0, 0.05) is 5.92 Å². The summed E-state index contributed by atoms with van der Waals surface area (Å²) in [5.41, 5.74) is 1.16. The van der Waals surface area contributed by atoms with Crippen LogP contribution in [0.25, 0.3) is 0 Å². The van der Waals surface area contributed by atoms with Gasteiger partial charge in [-0.3, -0.25) is 0 Å². The molecule has 0 bridgehead atoms. The Labute approximate surface area is 57.6 Å². The van der Waals surface area contributed by atoms with E-state index in [4.69, 9.17) is 0 Å². The van der Waals surface area contributed by atoms with Crippen LogP contribution >= 0.6 is 0 Å². The van der Waals surface area contributed by atoms with E-state index in [1.807, 2.05) is 19.1 Å². The van der Waals surface area contributed by atoms with Crippen molar-refractivity contribution in [3.8, 4) is 0 Å². The lowest BCUT2D eigenvalue weighted by atomic mass is 9.99. The SMILES string of the molecule is C=CC[C@H](C=C)C(=C)C. The summed E-state index contributed by atoms with van der Waals surface area (Å²) in [7, 11) is 0. The van der Waals surface area contributed by atoms with E-state index in [1.165, 1.54) is 0 Å². The van der Waals surface area contributed by atoms with Gasteiger partial charge < -0.3 is 0 Å². The number of hydrogen-bond acceptors (Lipinski definition) is 0. The topological polar surface area (TPSA) is 0 Å². The molecular weight excluding hydrogens is 108 g/mol. The van der Waals surface area contributed by atoms with Crippen LogP contribution in [-0.2, 0) is 0 Å². The van der Waals surface area contributed by atoms with Gasteiger partial charge in [0.2, 0.25) is 0 Å². The Morgan fingerprint density at radius 2 is 2.11 bits per heavy atom. The second-order valence-corrected chi connectivity index (χ2v) is 2.21. The van der Waals surface area contributed by atoms with E-state index in [9.17, 15) is 0 Å². The van der Waals surface area contributed by atoms with Crippen LogP contribution in [0.1, 0.15) is 13.3 Å². The minimum absolute atomic E-state index is 0.419. The largest absolute Gasteiger partial charge is 0.103 e. The third kappa shape index (κ3) is 2.91. The Morgan fingerprint density at radius 1 is 1.56 bits per heavy atom. The second kappa shape index (κ2) is 4.13. The van der Waals surface area contributed by atoms with Crippen LogP contribution in [0.4, 0.5) is 0 Å². The lowest BCUT2D eigenvalue weighted by Crippen LogP contribution is -1.93. The van der Waals surface area contributed by atoms with E-state index >= 15 is 0 Å². The smallest absolute Gasteiger partial charge is 0.000300 e. The Kier molecular flexibility index (Phi) is 3.78. The fraction of sp³-hybridized carbons (Fsp3) is 0.333. The van der Waals surface area contributed by atoms with E-state index in [0.717, 1.165) is 12.0 Å². The molecule has 0 amide bonds. The zero-order valence-electron chi connectivity index (χ0n) is 6.06. The Hall–Kier alpha value is -0.780. The Morgan fingerprint density at radius 3 is 2.22 bits per heavy atom. The fourth-order valence-corrected chi connectivity index (χ4v) is 0.678. The number of allylic oxidation sites excluding steroid dienone is 3. The molecule has 1 atom stereocenters. The van der Waals surface area contributed by atoms with Crippen LogP contribution in [0.2, 0.25) is 0 Å². The molecule has 0 N–H and O–H groups in total. The van der Waals surface area contributed by atoms with Crippen molar-refractivity contribution in [3.05, 3.63) is 37.5 Å². The van der Waals surface area contributed by atoms with Gasteiger partial charge in [-0.1, -0.05) is 24.3 Å². The van der Waals surface area contributed by atoms with Gasteiger partial charge in [0.25, 0.3) is 0 Å². The normalized spacial score (nSPS) is 12.1. The first-order valence-corrected chi connectivity index (χ1v) is 3.11. The number of rotatable bonds is 4. The first-order valence-electron chi connectivity index (χ1n) is 3.11. The van der Waals surface area contributed by atoms with Crippen LogP contribution in [0.3, 0.4) is 0 Å².